The third-order valence-corrected chi connectivity index (χ3v) is 9.86. The van der Waals surface area contributed by atoms with Gasteiger partial charge in [-0.3, -0.25) is 4.79 Å². The molecule has 4 saturated carbocycles. The first-order chi connectivity index (χ1) is 12.8. The molecule has 4 nitrogen and oxygen atoms in total. The number of esters is 1. The van der Waals surface area contributed by atoms with E-state index in [4.69, 9.17) is 9.47 Å². The van der Waals surface area contributed by atoms with Gasteiger partial charge in [-0.2, -0.15) is 5.26 Å². The first-order valence-corrected chi connectivity index (χ1v) is 11.1. The molecule has 1 heterocycles. The molecule has 0 aromatic heterocycles. The molecule has 1 aliphatic heterocycles. The second-order valence-corrected chi connectivity index (χ2v) is 10.8. The van der Waals surface area contributed by atoms with Crippen molar-refractivity contribution in [3.05, 3.63) is 0 Å². The van der Waals surface area contributed by atoms with Crippen molar-refractivity contribution < 1.29 is 14.3 Å². The lowest BCUT2D eigenvalue weighted by Crippen LogP contribution is -2.55. The summed E-state index contributed by atoms with van der Waals surface area (Å²) in [5.41, 5.74) is 0.487. The highest BCUT2D eigenvalue weighted by Crippen LogP contribution is 2.69. The minimum absolute atomic E-state index is 0.0945. The molecule has 0 bridgehead atoms. The Morgan fingerprint density at radius 1 is 1.04 bits per heavy atom. The molecule has 5 rings (SSSR count). The number of carbonyl (C=O) groups is 1. The predicted octanol–water partition coefficient (Wildman–Crippen LogP) is 4.62. The van der Waals surface area contributed by atoms with Crippen LogP contribution in [0.2, 0.25) is 0 Å². The van der Waals surface area contributed by atoms with Crippen molar-refractivity contribution in [2.45, 2.75) is 96.4 Å². The van der Waals surface area contributed by atoms with Crippen LogP contribution in [0.15, 0.2) is 0 Å². The van der Waals surface area contributed by atoms with Crippen molar-refractivity contribution in [1.82, 2.24) is 0 Å². The number of hydrogen-bond donors (Lipinski definition) is 0. The van der Waals surface area contributed by atoms with Gasteiger partial charge in [0.05, 0.1) is 6.07 Å². The van der Waals surface area contributed by atoms with Gasteiger partial charge in [0, 0.05) is 12.3 Å². The summed E-state index contributed by atoms with van der Waals surface area (Å²) in [4.78, 5) is 11.6. The van der Waals surface area contributed by atoms with Crippen molar-refractivity contribution >= 4 is 5.97 Å². The fourth-order valence-electron chi connectivity index (χ4n) is 8.30. The van der Waals surface area contributed by atoms with Crippen LogP contribution in [-0.2, 0) is 14.3 Å². The Hall–Kier alpha value is -1.08. The average Bonchev–Trinajstić information content (AvgIpc) is 3.21. The van der Waals surface area contributed by atoms with Gasteiger partial charge in [0.1, 0.15) is 11.7 Å². The molecule has 5 fully saturated rings. The molecule has 0 radical (unpaired) electrons. The Morgan fingerprint density at radius 3 is 2.52 bits per heavy atom. The molecule has 148 valence electrons. The van der Waals surface area contributed by atoms with E-state index < -0.39 is 0 Å². The van der Waals surface area contributed by atoms with E-state index in [0.717, 1.165) is 31.1 Å². The van der Waals surface area contributed by atoms with Crippen LogP contribution >= 0.6 is 0 Å². The fourth-order valence-corrected chi connectivity index (χ4v) is 8.30. The monoisotopic (exact) mass is 371 g/mol. The van der Waals surface area contributed by atoms with Gasteiger partial charge >= 0.3 is 5.97 Å². The largest absolute Gasteiger partial charge is 0.462 e. The maximum atomic E-state index is 11.6. The van der Waals surface area contributed by atoms with Crippen LogP contribution < -0.4 is 0 Å². The first kappa shape index (κ1) is 18.0. The Morgan fingerprint density at radius 2 is 1.81 bits per heavy atom. The molecule has 1 saturated heterocycles. The van der Waals surface area contributed by atoms with Gasteiger partial charge in [0.15, 0.2) is 6.10 Å². The van der Waals surface area contributed by atoms with E-state index in [0.29, 0.717) is 17.3 Å². The van der Waals surface area contributed by atoms with Gasteiger partial charge < -0.3 is 9.47 Å². The molecule has 0 N–H and O–H groups in total. The smallest absolute Gasteiger partial charge is 0.302 e. The third kappa shape index (κ3) is 2.40. The van der Waals surface area contributed by atoms with Crippen molar-refractivity contribution in [3.63, 3.8) is 0 Å². The zero-order valence-corrected chi connectivity index (χ0v) is 17.0. The van der Waals surface area contributed by atoms with Crippen LogP contribution in [0.25, 0.3) is 0 Å². The van der Waals surface area contributed by atoms with E-state index in [2.05, 4.69) is 19.9 Å². The van der Waals surface area contributed by atoms with Gasteiger partial charge in [-0.25, -0.2) is 0 Å². The number of rotatable bonds is 1. The van der Waals surface area contributed by atoms with Gasteiger partial charge in [0.25, 0.3) is 0 Å². The van der Waals surface area contributed by atoms with Gasteiger partial charge in [0.2, 0.25) is 0 Å². The van der Waals surface area contributed by atoms with Crippen LogP contribution in [0.1, 0.15) is 78.6 Å². The van der Waals surface area contributed by atoms with Crippen LogP contribution in [0.5, 0.6) is 0 Å². The molecule has 27 heavy (non-hydrogen) atoms. The van der Waals surface area contributed by atoms with Crippen LogP contribution in [0, 0.1) is 45.8 Å². The molecule has 0 aromatic rings. The minimum Gasteiger partial charge on any atom is -0.462 e. The van der Waals surface area contributed by atoms with E-state index in [1.54, 1.807) is 6.92 Å². The molecule has 9 atom stereocenters. The lowest BCUT2D eigenvalue weighted by atomic mass is 9.44. The van der Waals surface area contributed by atoms with Crippen LogP contribution in [0.3, 0.4) is 0 Å². The Labute approximate surface area is 163 Å². The van der Waals surface area contributed by atoms with Gasteiger partial charge in [-0.15, -0.1) is 0 Å². The standard InChI is InChI=1S/C23H33NO3/c1-14(25)26-19-7-6-17-16-5-4-15-12-23(20(13-24)27-23)11-10-21(15,2)18(16)8-9-22(17,19)3/h15-20H,4-12H2,1-3H3/t15?,16-,17-,18-,19-,20?,21-,22-,23?/m0/s1. The molecular formula is C23H33NO3. The first-order valence-electron chi connectivity index (χ1n) is 11.1. The Kier molecular flexibility index (Phi) is 3.81. The number of nitriles is 1. The number of carbonyl (C=O) groups excluding carboxylic acids is 1. The summed E-state index contributed by atoms with van der Waals surface area (Å²) in [7, 11) is 0. The normalized spacial score (nSPS) is 55.8. The average molecular weight is 372 g/mol. The summed E-state index contributed by atoms with van der Waals surface area (Å²) in [6, 6.07) is 2.36. The van der Waals surface area contributed by atoms with E-state index >= 15 is 0 Å². The predicted molar refractivity (Wildman–Crippen MR) is 100 cm³/mol. The number of nitrogens with zero attached hydrogens (tertiary/aromatic N) is 1. The zero-order valence-electron chi connectivity index (χ0n) is 17.0. The summed E-state index contributed by atoms with van der Waals surface area (Å²) >= 11 is 0. The number of fused-ring (bicyclic) bond motifs is 5. The van der Waals surface area contributed by atoms with E-state index in [1.165, 1.54) is 38.5 Å². The van der Waals surface area contributed by atoms with Crippen molar-refractivity contribution in [2.75, 3.05) is 0 Å². The topological polar surface area (TPSA) is 62.6 Å². The van der Waals surface area contributed by atoms with Crippen molar-refractivity contribution in [3.8, 4) is 6.07 Å². The van der Waals surface area contributed by atoms with E-state index in [1.807, 2.05) is 0 Å². The summed E-state index contributed by atoms with van der Waals surface area (Å²) in [5, 5.41) is 9.28. The maximum Gasteiger partial charge on any atom is 0.302 e. The van der Waals surface area contributed by atoms with Crippen LogP contribution in [0.4, 0.5) is 0 Å². The Bertz CT molecular complexity index is 700. The SMILES string of the molecule is CC(=O)O[C@H]1CC[C@H]2[C@@H]3CCC4CC5(CC[C@]4(C)[C@H]3CC[C@]12C)OC5C#N. The molecule has 0 aromatic carbocycles. The second kappa shape index (κ2) is 5.72. The highest BCUT2D eigenvalue weighted by atomic mass is 16.6. The molecule has 4 aliphatic carbocycles. The number of hydrogen-bond acceptors (Lipinski definition) is 4. The molecule has 4 heteroatoms. The molecule has 5 aliphatic rings. The van der Waals surface area contributed by atoms with Gasteiger partial charge in [-0.1, -0.05) is 13.8 Å². The molecule has 3 unspecified atom stereocenters. The highest BCUT2D eigenvalue weighted by Gasteiger charge is 2.66. The van der Waals surface area contributed by atoms with Crippen molar-refractivity contribution in [1.29, 1.82) is 5.26 Å². The van der Waals surface area contributed by atoms with E-state index in [9.17, 15) is 10.1 Å². The highest BCUT2D eigenvalue weighted by molar-refractivity contribution is 5.66. The lowest BCUT2D eigenvalue weighted by Gasteiger charge is -2.60. The van der Waals surface area contributed by atoms with Crippen LogP contribution in [-0.4, -0.2) is 23.8 Å². The summed E-state index contributed by atoms with van der Waals surface area (Å²) in [6.07, 6.45) is 10.7. The van der Waals surface area contributed by atoms with Gasteiger partial charge in [-0.05, 0) is 86.9 Å². The molecule has 0 amide bonds. The summed E-state index contributed by atoms with van der Waals surface area (Å²) in [6.45, 7) is 6.50. The number of ether oxygens (including phenoxy) is 2. The summed E-state index contributed by atoms with van der Waals surface area (Å²) < 4.78 is 11.6. The van der Waals surface area contributed by atoms with E-state index in [-0.39, 0.29) is 29.2 Å². The quantitative estimate of drug-likeness (QED) is 0.498. The maximum absolute atomic E-state index is 11.6. The third-order valence-electron chi connectivity index (χ3n) is 9.86. The molecular weight excluding hydrogens is 338 g/mol. The lowest BCUT2D eigenvalue weighted by molar-refractivity contribution is -0.162. The molecule has 1 spiro atoms. The fraction of sp³-hybridized carbons (Fsp3) is 0.913. The number of epoxide rings is 1. The summed E-state index contributed by atoms with van der Waals surface area (Å²) in [5.74, 6) is 2.88. The Balaban J connectivity index is 1.37. The second-order valence-electron chi connectivity index (χ2n) is 10.8. The van der Waals surface area contributed by atoms with Crippen molar-refractivity contribution in [2.24, 2.45) is 34.5 Å². The minimum atomic E-state index is -0.145. The zero-order chi connectivity index (χ0) is 19.0.